The summed E-state index contributed by atoms with van der Waals surface area (Å²) in [5.41, 5.74) is 1.99. The number of ether oxygens (including phenoxy) is 3. The highest BCUT2D eigenvalue weighted by Crippen LogP contribution is 2.62. The fraction of sp³-hybridized carbons (Fsp3) is 0.600. The van der Waals surface area contributed by atoms with Gasteiger partial charge in [-0.15, -0.1) is 0 Å². The molecule has 31 heavy (non-hydrogen) atoms. The molecule has 0 unspecified atom stereocenters. The van der Waals surface area contributed by atoms with E-state index in [9.17, 15) is 9.59 Å². The molecule has 2 bridgehead atoms. The predicted molar refractivity (Wildman–Crippen MR) is 115 cm³/mol. The van der Waals surface area contributed by atoms with E-state index in [2.05, 4.69) is 30.2 Å². The molecule has 0 radical (unpaired) electrons. The average molecular weight is 426 g/mol. The highest BCUT2D eigenvalue weighted by molar-refractivity contribution is 5.80. The van der Waals surface area contributed by atoms with Crippen molar-refractivity contribution in [2.75, 3.05) is 13.6 Å². The largest absolute Gasteiger partial charge is 0.485 e. The van der Waals surface area contributed by atoms with Crippen LogP contribution >= 0.6 is 0 Å². The first-order valence-corrected chi connectivity index (χ1v) is 11.3. The fourth-order valence-corrected chi connectivity index (χ4v) is 6.05. The Morgan fingerprint density at radius 2 is 2.00 bits per heavy atom. The molecule has 6 nitrogen and oxygen atoms in total. The molecule has 5 rings (SSSR count). The van der Waals surface area contributed by atoms with Crippen molar-refractivity contribution < 1.29 is 23.8 Å². The molecule has 1 saturated heterocycles. The number of carbonyl (C=O) groups is 2. The second-order valence-corrected chi connectivity index (χ2v) is 10.3. The molecule has 1 aromatic carbocycles. The van der Waals surface area contributed by atoms with E-state index < -0.39 is 17.5 Å². The highest BCUT2D eigenvalue weighted by atomic mass is 16.6. The Labute approximate surface area is 183 Å². The number of esters is 2. The molecule has 0 N–H and O–H groups in total. The monoisotopic (exact) mass is 425 g/mol. The van der Waals surface area contributed by atoms with Crippen molar-refractivity contribution >= 4 is 11.9 Å². The van der Waals surface area contributed by atoms with E-state index in [1.54, 1.807) is 0 Å². The Hall–Kier alpha value is -2.34. The highest BCUT2D eigenvalue weighted by Gasteiger charge is 2.62. The topological polar surface area (TPSA) is 65.1 Å². The molecule has 1 spiro atoms. The van der Waals surface area contributed by atoms with Crippen LogP contribution in [0.4, 0.5) is 0 Å². The Bertz CT molecular complexity index is 961. The van der Waals surface area contributed by atoms with Crippen LogP contribution in [-0.4, -0.2) is 48.2 Å². The quantitative estimate of drug-likeness (QED) is 0.418. The molecular formula is C25H31NO5. The number of nitrogens with zero attached hydrogens (tertiary/aromatic N) is 1. The van der Waals surface area contributed by atoms with Gasteiger partial charge in [0, 0.05) is 29.4 Å². The summed E-state index contributed by atoms with van der Waals surface area (Å²) in [4.78, 5) is 26.9. The van der Waals surface area contributed by atoms with E-state index in [0.29, 0.717) is 17.7 Å². The molecule has 4 aliphatic rings. The molecule has 166 valence electrons. The zero-order chi connectivity index (χ0) is 22.0. The van der Waals surface area contributed by atoms with Gasteiger partial charge in [0.2, 0.25) is 0 Å². The van der Waals surface area contributed by atoms with Crippen LogP contribution in [0.3, 0.4) is 0 Å². The molecule has 1 aromatic rings. The van der Waals surface area contributed by atoms with Crippen molar-refractivity contribution in [1.29, 1.82) is 0 Å². The number of likely N-dealkylation sites (N-methyl/N-ethyl adjacent to an activating group) is 1. The Balaban J connectivity index is 1.39. The van der Waals surface area contributed by atoms with Gasteiger partial charge in [0.15, 0.2) is 11.5 Å². The summed E-state index contributed by atoms with van der Waals surface area (Å²) in [5, 5.41) is 0. The Morgan fingerprint density at radius 3 is 2.77 bits per heavy atom. The van der Waals surface area contributed by atoms with Gasteiger partial charge in [-0.2, -0.15) is 0 Å². The number of carbonyl (C=O) groups excluding carboxylic acids is 2. The van der Waals surface area contributed by atoms with Gasteiger partial charge >= 0.3 is 11.9 Å². The van der Waals surface area contributed by atoms with Crippen molar-refractivity contribution in [2.24, 2.45) is 5.92 Å². The zero-order valence-corrected chi connectivity index (χ0v) is 18.8. The normalized spacial score (nSPS) is 30.4. The minimum absolute atomic E-state index is 0.00378. The molecule has 1 fully saturated rings. The van der Waals surface area contributed by atoms with Gasteiger partial charge in [-0.3, -0.25) is 9.59 Å². The first kappa shape index (κ1) is 20.6. The summed E-state index contributed by atoms with van der Waals surface area (Å²) < 4.78 is 17.5. The Kier molecular flexibility index (Phi) is 4.70. The summed E-state index contributed by atoms with van der Waals surface area (Å²) in [5.74, 6) is 0.811. The van der Waals surface area contributed by atoms with Gasteiger partial charge in [-0.25, -0.2) is 0 Å². The van der Waals surface area contributed by atoms with Crippen LogP contribution in [0.25, 0.3) is 0 Å². The maximum atomic E-state index is 12.5. The van der Waals surface area contributed by atoms with E-state index in [1.165, 1.54) is 11.1 Å². The lowest BCUT2D eigenvalue weighted by Crippen LogP contribution is -2.62. The summed E-state index contributed by atoms with van der Waals surface area (Å²) in [6, 6.07) is 4.44. The van der Waals surface area contributed by atoms with Crippen LogP contribution in [0.2, 0.25) is 0 Å². The molecule has 0 aromatic heterocycles. The van der Waals surface area contributed by atoms with E-state index in [0.717, 1.165) is 31.6 Å². The van der Waals surface area contributed by atoms with Crippen molar-refractivity contribution in [3.05, 3.63) is 35.4 Å². The molecule has 0 amide bonds. The van der Waals surface area contributed by atoms with Gasteiger partial charge < -0.3 is 19.1 Å². The summed E-state index contributed by atoms with van der Waals surface area (Å²) >= 11 is 0. The number of likely N-dealkylation sites (tertiary alicyclic amines) is 1. The van der Waals surface area contributed by atoms with Crippen LogP contribution in [0.1, 0.15) is 57.6 Å². The van der Waals surface area contributed by atoms with Crippen molar-refractivity contribution in [3.63, 3.8) is 0 Å². The molecule has 0 saturated carbocycles. The van der Waals surface area contributed by atoms with Crippen molar-refractivity contribution in [1.82, 2.24) is 4.90 Å². The van der Waals surface area contributed by atoms with Crippen LogP contribution in [0, 0.1) is 5.92 Å². The van der Waals surface area contributed by atoms with E-state index in [4.69, 9.17) is 14.2 Å². The van der Waals surface area contributed by atoms with Gasteiger partial charge in [0.05, 0.1) is 12.8 Å². The van der Waals surface area contributed by atoms with E-state index >= 15 is 0 Å². The third-order valence-electron chi connectivity index (χ3n) is 7.26. The lowest BCUT2D eigenvalue weighted by molar-refractivity contribution is -0.156. The third kappa shape index (κ3) is 3.27. The van der Waals surface area contributed by atoms with Crippen LogP contribution < -0.4 is 9.47 Å². The SMILES string of the molecule is CN1CC[C@]23c4c5ccc(OC(=O)CCC(=O)OC(C)(C)C)c4O[C@H]2CC=C[C@H]3[C@H]1C5. The average Bonchev–Trinajstić information content (AvgIpc) is 3.03. The molecule has 6 heteroatoms. The maximum absolute atomic E-state index is 12.5. The smallest absolute Gasteiger partial charge is 0.311 e. The number of hydrogen-bond donors (Lipinski definition) is 0. The predicted octanol–water partition coefficient (Wildman–Crippen LogP) is 3.55. The van der Waals surface area contributed by atoms with Gasteiger partial charge in [-0.05, 0) is 58.8 Å². The minimum atomic E-state index is -0.564. The maximum Gasteiger partial charge on any atom is 0.311 e. The van der Waals surface area contributed by atoms with Crippen LogP contribution in [0.15, 0.2) is 24.3 Å². The van der Waals surface area contributed by atoms with Crippen molar-refractivity contribution in [3.8, 4) is 11.5 Å². The molecule has 2 aliphatic carbocycles. The number of benzene rings is 1. The summed E-state index contributed by atoms with van der Waals surface area (Å²) in [6.45, 7) is 6.48. The van der Waals surface area contributed by atoms with E-state index in [1.807, 2.05) is 26.8 Å². The van der Waals surface area contributed by atoms with Gasteiger partial charge in [0.1, 0.15) is 11.7 Å². The summed E-state index contributed by atoms with van der Waals surface area (Å²) in [7, 11) is 2.22. The lowest BCUT2D eigenvalue weighted by Gasteiger charge is -2.55. The lowest BCUT2D eigenvalue weighted by atomic mass is 9.54. The van der Waals surface area contributed by atoms with Gasteiger partial charge in [-0.1, -0.05) is 18.2 Å². The Morgan fingerprint density at radius 1 is 1.23 bits per heavy atom. The third-order valence-corrected chi connectivity index (χ3v) is 7.26. The van der Waals surface area contributed by atoms with Crippen LogP contribution in [0.5, 0.6) is 11.5 Å². The number of rotatable bonds is 4. The van der Waals surface area contributed by atoms with E-state index in [-0.39, 0.29) is 24.4 Å². The fourth-order valence-electron chi connectivity index (χ4n) is 6.05. The molecule has 2 aliphatic heterocycles. The zero-order valence-electron chi connectivity index (χ0n) is 18.8. The first-order valence-electron chi connectivity index (χ1n) is 11.3. The first-order chi connectivity index (χ1) is 14.7. The second kappa shape index (κ2) is 7.09. The van der Waals surface area contributed by atoms with Crippen molar-refractivity contribution in [2.45, 2.75) is 76.0 Å². The van der Waals surface area contributed by atoms with Gasteiger partial charge in [0.25, 0.3) is 0 Å². The molecule has 2 heterocycles. The molecular weight excluding hydrogens is 394 g/mol. The number of hydrogen-bond acceptors (Lipinski definition) is 6. The minimum Gasteiger partial charge on any atom is -0.485 e. The van der Waals surface area contributed by atoms with Crippen LogP contribution in [-0.2, 0) is 26.2 Å². The summed E-state index contributed by atoms with van der Waals surface area (Å²) in [6.07, 6.45) is 7.64. The second-order valence-electron chi connectivity index (χ2n) is 10.3. The standard InChI is InChI=1S/C25H31NO5/c1-24(2,3)31-21(28)11-10-20(27)29-18-9-8-15-14-17-16-6-5-7-19-25(16,12-13-26(17)4)22(15)23(18)30-19/h5-6,8-9,16-17,19H,7,10-14H2,1-4H3/t16-,17+,19-,25+/m0/s1. The number of piperidine rings is 1. The molecule has 4 atom stereocenters.